The standard InChI is InChI=1S/C11H15NO3/c1-6(2)10-8(11(13)14)4-7(12)5-9(10)15-3/h4-6H,12H2,1-3H3,(H,13,14). The van der Waals surface area contributed by atoms with Gasteiger partial charge in [-0.15, -0.1) is 0 Å². The lowest BCUT2D eigenvalue weighted by atomic mass is 9.95. The van der Waals surface area contributed by atoms with Crippen molar-refractivity contribution in [3.8, 4) is 5.75 Å². The van der Waals surface area contributed by atoms with Gasteiger partial charge in [0.05, 0.1) is 12.7 Å². The fraction of sp³-hybridized carbons (Fsp3) is 0.364. The van der Waals surface area contributed by atoms with E-state index >= 15 is 0 Å². The Morgan fingerprint density at radius 1 is 1.47 bits per heavy atom. The molecule has 0 aliphatic heterocycles. The zero-order chi connectivity index (χ0) is 11.6. The summed E-state index contributed by atoms with van der Waals surface area (Å²) in [5.41, 5.74) is 6.89. The molecule has 0 unspecified atom stereocenters. The first-order valence-electron chi connectivity index (χ1n) is 4.68. The highest BCUT2D eigenvalue weighted by molar-refractivity contribution is 5.91. The van der Waals surface area contributed by atoms with Gasteiger partial charge in [0.15, 0.2) is 0 Å². The van der Waals surface area contributed by atoms with Crippen LogP contribution >= 0.6 is 0 Å². The lowest BCUT2D eigenvalue weighted by molar-refractivity contribution is 0.0695. The number of nitrogen functional groups attached to an aromatic ring is 1. The average molecular weight is 209 g/mol. The molecule has 82 valence electrons. The second kappa shape index (κ2) is 4.21. The predicted molar refractivity (Wildman–Crippen MR) is 58.5 cm³/mol. The molecule has 0 atom stereocenters. The molecule has 0 saturated carbocycles. The Morgan fingerprint density at radius 3 is 2.47 bits per heavy atom. The second-order valence-electron chi connectivity index (χ2n) is 3.64. The Labute approximate surface area is 88.7 Å². The summed E-state index contributed by atoms with van der Waals surface area (Å²) >= 11 is 0. The topological polar surface area (TPSA) is 72.5 Å². The molecule has 0 aliphatic carbocycles. The van der Waals surface area contributed by atoms with Gasteiger partial charge in [0.2, 0.25) is 0 Å². The lowest BCUT2D eigenvalue weighted by Crippen LogP contribution is -2.07. The minimum atomic E-state index is -0.982. The van der Waals surface area contributed by atoms with E-state index in [2.05, 4.69) is 0 Å². The number of rotatable bonds is 3. The normalized spacial score (nSPS) is 10.4. The number of hydrogen-bond acceptors (Lipinski definition) is 3. The number of nitrogens with two attached hydrogens (primary N) is 1. The van der Waals surface area contributed by atoms with Gasteiger partial charge < -0.3 is 15.6 Å². The van der Waals surface area contributed by atoms with Crippen molar-refractivity contribution in [2.24, 2.45) is 0 Å². The van der Waals surface area contributed by atoms with E-state index in [1.54, 1.807) is 6.07 Å². The highest BCUT2D eigenvalue weighted by Crippen LogP contribution is 2.32. The van der Waals surface area contributed by atoms with Gasteiger partial charge in [0.25, 0.3) is 0 Å². The predicted octanol–water partition coefficient (Wildman–Crippen LogP) is 2.10. The van der Waals surface area contributed by atoms with Crippen LogP contribution in [-0.4, -0.2) is 18.2 Å². The second-order valence-corrected chi connectivity index (χ2v) is 3.64. The summed E-state index contributed by atoms with van der Waals surface area (Å²) in [5, 5.41) is 9.05. The van der Waals surface area contributed by atoms with E-state index in [9.17, 15) is 4.79 Å². The molecule has 0 bridgehead atoms. The van der Waals surface area contributed by atoms with E-state index in [0.717, 1.165) is 0 Å². The number of hydrogen-bond donors (Lipinski definition) is 2. The van der Waals surface area contributed by atoms with Crippen LogP contribution in [0.25, 0.3) is 0 Å². The zero-order valence-corrected chi connectivity index (χ0v) is 9.07. The minimum Gasteiger partial charge on any atom is -0.496 e. The van der Waals surface area contributed by atoms with Crippen LogP contribution in [-0.2, 0) is 0 Å². The number of benzene rings is 1. The molecule has 4 heteroatoms. The molecule has 0 fully saturated rings. The Hall–Kier alpha value is -1.71. The van der Waals surface area contributed by atoms with E-state index < -0.39 is 5.97 Å². The van der Waals surface area contributed by atoms with E-state index in [-0.39, 0.29) is 11.5 Å². The summed E-state index contributed by atoms with van der Waals surface area (Å²) in [5.74, 6) is -0.377. The average Bonchev–Trinajstić information content (AvgIpc) is 2.15. The number of carboxylic acid groups (broad SMARTS) is 1. The highest BCUT2D eigenvalue weighted by Gasteiger charge is 2.18. The quantitative estimate of drug-likeness (QED) is 0.748. The third kappa shape index (κ3) is 2.21. The van der Waals surface area contributed by atoms with Crippen molar-refractivity contribution in [3.63, 3.8) is 0 Å². The van der Waals surface area contributed by atoms with Crippen molar-refractivity contribution in [3.05, 3.63) is 23.3 Å². The molecule has 1 rings (SSSR count). The first-order valence-corrected chi connectivity index (χ1v) is 4.68. The Morgan fingerprint density at radius 2 is 2.07 bits per heavy atom. The molecule has 0 amide bonds. The van der Waals surface area contributed by atoms with Crippen LogP contribution in [0.4, 0.5) is 5.69 Å². The molecule has 15 heavy (non-hydrogen) atoms. The van der Waals surface area contributed by atoms with Crippen LogP contribution in [0.1, 0.15) is 35.7 Å². The molecular weight excluding hydrogens is 194 g/mol. The molecule has 4 nitrogen and oxygen atoms in total. The molecular formula is C11H15NO3. The van der Waals surface area contributed by atoms with Crippen LogP contribution in [0.3, 0.4) is 0 Å². The number of aromatic carboxylic acids is 1. The summed E-state index contributed by atoms with van der Waals surface area (Å²) in [6.07, 6.45) is 0. The molecule has 3 N–H and O–H groups in total. The Kier molecular flexibility index (Phi) is 3.19. The SMILES string of the molecule is COc1cc(N)cc(C(=O)O)c1C(C)C. The van der Waals surface area contributed by atoms with Gasteiger partial charge in [-0.3, -0.25) is 0 Å². The molecule has 1 aromatic rings. The summed E-state index contributed by atoms with van der Waals surface area (Å²) in [6.45, 7) is 3.83. The Balaban J connectivity index is 3.47. The Bertz CT molecular complexity index is 386. The first-order chi connectivity index (χ1) is 6.97. The maximum atomic E-state index is 11.0. The fourth-order valence-corrected chi connectivity index (χ4v) is 1.59. The zero-order valence-electron chi connectivity index (χ0n) is 9.07. The monoisotopic (exact) mass is 209 g/mol. The van der Waals surface area contributed by atoms with E-state index in [0.29, 0.717) is 17.0 Å². The molecule has 0 aliphatic rings. The van der Waals surface area contributed by atoms with Crippen molar-refractivity contribution in [2.75, 3.05) is 12.8 Å². The van der Waals surface area contributed by atoms with Crippen molar-refractivity contribution in [1.82, 2.24) is 0 Å². The lowest BCUT2D eigenvalue weighted by Gasteiger charge is -2.15. The number of carbonyl (C=O) groups is 1. The molecule has 0 radical (unpaired) electrons. The third-order valence-corrected chi connectivity index (χ3v) is 2.19. The first kappa shape index (κ1) is 11.4. The molecule has 0 spiro atoms. The summed E-state index contributed by atoms with van der Waals surface area (Å²) in [7, 11) is 1.51. The van der Waals surface area contributed by atoms with Gasteiger partial charge in [-0.05, 0) is 12.0 Å². The minimum absolute atomic E-state index is 0.0756. The van der Waals surface area contributed by atoms with E-state index in [1.807, 2.05) is 13.8 Å². The summed E-state index contributed by atoms with van der Waals surface area (Å²) in [6, 6.07) is 3.10. The third-order valence-electron chi connectivity index (χ3n) is 2.19. The molecule has 0 heterocycles. The van der Waals surface area contributed by atoms with E-state index in [1.165, 1.54) is 13.2 Å². The maximum absolute atomic E-state index is 11.0. The maximum Gasteiger partial charge on any atom is 0.336 e. The van der Waals surface area contributed by atoms with Gasteiger partial charge in [0, 0.05) is 17.3 Å². The van der Waals surface area contributed by atoms with Gasteiger partial charge in [-0.25, -0.2) is 4.79 Å². The number of anilines is 1. The van der Waals surface area contributed by atoms with Crippen molar-refractivity contribution >= 4 is 11.7 Å². The number of ether oxygens (including phenoxy) is 1. The molecule has 0 saturated heterocycles. The van der Waals surface area contributed by atoms with Crippen LogP contribution < -0.4 is 10.5 Å². The van der Waals surface area contributed by atoms with Gasteiger partial charge in [-0.2, -0.15) is 0 Å². The van der Waals surface area contributed by atoms with Crippen molar-refractivity contribution in [1.29, 1.82) is 0 Å². The molecule has 1 aromatic carbocycles. The van der Waals surface area contributed by atoms with Crippen molar-refractivity contribution in [2.45, 2.75) is 19.8 Å². The summed E-state index contributed by atoms with van der Waals surface area (Å²) < 4.78 is 5.13. The van der Waals surface area contributed by atoms with Gasteiger partial charge in [0.1, 0.15) is 5.75 Å². The van der Waals surface area contributed by atoms with Crippen LogP contribution in [0, 0.1) is 0 Å². The summed E-state index contributed by atoms with van der Waals surface area (Å²) in [4.78, 5) is 11.0. The largest absolute Gasteiger partial charge is 0.496 e. The van der Waals surface area contributed by atoms with E-state index in [4.69, 9.17) is 15.6 Å². The van der Waals surface area contributed by atoms with Crippen LogP contribution in [0.5, 0.6) is 5.75 Å². The number of carboxylic acids is 1. The molecule has 0 aromatic heterocycles. The van der Waals surface area contributed by atoms with Crippen LogP contribution in [0.15, 0.2) is 12.1 Å². The highest BCUT2D eigenvalue weighted by atomic mass is 16.5. The van der Waals surface area contributed by atoms with Crippen LogP contribution in [0.2, 0.25) is 0 Å². The fourth-order valence-electron chi connectivity index (χ4n) is 1.59. The number of methoxy groups -OCH3 is 1. The smallest absolute Gasteiger partial charge is 0.336 e. The van der Waals surface area contributed by atoms with Gasteiger partial charge in [-0.1, -0.05) is 13.8 Å². The van der Waals surface area contributed by atoms with Gasteiger partial charge >= 0.3 is 5.97 Å². The van der Waals surface area contributed by atoms with Crippen molar-refractivity contribution < 1.29 is 14.6 Å².